The van der Waals surface area contributed by atoms with Crippen LogP contribution in [0.1, 0.15) is 40.5 Å². The van der Waals surface area contributed by atoms with E-state index in [1.54, 1.807) is 0 Å². The monoisotopic (exact) mass is 250 g/mol. The summed E-state index contributed by atoms with van der Waals surface area (Å²) in [5.41, 5.74) is 4.86. The van der Waals surface area contributed by atoms with Crippen LogP contribution in [0.3, 0.4) is 0 Å². The molecule has 4 heteroatoms. The van der Waals surface area contributed by atoms with Gasteiger partial charge in [-0.05, 0) is 32.3 Å². The van der Waals surface area contributed by atoms with Crippen molar-refractivity contribution in [3.63, 3.8) is 0 Å². The highest BCUT2D eigenvalue weighted by molar-refractivity contribution is 6.43. The molecular weight excluding hydrogens is 228 g/mol. The van der Waals surface area contributed by atoms with Crippen molar-refractivity contribution in [3.05, 3.63) is 34.9 Å². The second kappa shape index (κ2) is 7.61. The molecule has 0 unspecified atom stereocenters. The summed E-state index contributed by atoms with van der Waals surface area (Å²) in [6.07, 6.45) is 3.19. The summed E-state index contributed by atoms with van der Waals surface area (Å²) in [6, 6.07) is 0. The summed E-state index contributed by atoms with van der Waals surface area (Å²) in [4.78, 5) is 23.4. The molecule has 0 radical (unpaired) electrons. The molecule has 18 heavy (non-hydrogen) atoms. The number of Topliss-reactive ketones (excluding diaryl/α,β-unsaturated/α-hetero) is 1. The summed E-state index contributed by atoms with van der Waals surface area (Å²) in [7, 11) is 0. The average Bonchev–Trinajstić information content (AvgIpc) is 2.35. The smallest absolute Gasteiger partial charge is 0.287 e. The standard InChI is InChI=1S/C14H22N2O2/c1-6-10(5)12(13(17)14(18)16-15)11(7-2)8-9(3)4/h8H,3,6-7,15H2,1-2,4-5H3,(H,16,18)/b11-8-,12-10-. The maximum absolute atomic E-state index is 12.0. The van der Waals surface area contributed by atoms with Crippen LogP contribution < -0.4 is 11.3 Å². The third-order valence-electron chi connectivity index (χ3n) is 2.64. The zero-order valence-corrected chi connectivity index (χ0v) is 11.6. The zero-order valence-electron chi connectivity index (χ0n) is 11.6. The number of carbonyl (C=O) groups is 2. The molecule has 0 spiro atoms. The molecule has 0 aliphatic rings. The second-order valence-corrected chi connectivity index (χ2v) is 4.18. The van der Waals surface area contributed by atoms with E-state index in [-0.39, 0.29) is 0 Å². The number of ketones is 1. The lowest BCUT2D eigenvalue weighted by Gasteiger charge is -2.12. The van der Waals surface area contributed by atoms with Gasteiger partial charge in [0.15, 0.2) is 0 Å². The highest BCUT2D eigenvalue weighted by Gasteiger charge is 2.22. The minimum atomic E-state index is -0.793. The van der Waals surface area contributed by atoms with Crippen molar-refractivity contribution >= 4 is 11.7 Å². The quantitative estimate of drug-likeness (QED) is 0.189. The fraction of sp³-hybridized carbons (Fsp3) is 0.429. The van der Waals surface area contributed by atoms with Crippen molar-refractivity contribution in [2.75, 3.05) is 0 Å². The molecule has 0 bridgehead atoms. The molecule has 0 atom stereocenters. The molecule has 0 aromatic carbocycles. The van der Waals surface area contributed by atoms with Gasteiger partial charge in [0.05, 0.1) is 0 Å². The number of nitrogens with one attached hydrogen (secondary N) is 1. The van der Waals surface area contributed by atoms with Crippen molar-refractivity contribution in [1.82, 2.24) is 5.43 Å². The second-order valence-electron chi connectivity index (χ2n) is 4.18. The van der Waals surface area contributed by atoms with Crippen LogP contribution in [0.2, 0.25) is 0 Å². The first kappa shape index (κ1) is 16.3. The van der Waals surface area contributed by atoms with Crippen molar-refractivity contribution in [2.45, 2.75) is 40.5 Å². The molecular formula is C14H22N2O2. The van der Waals surface area contributed by atoms with Gasteiger partial charge in [-0.2, -0.15) is 0 Å². The molecule has 100 valence electrons. The van der Waals surface area contributed by atoms with Gasteiger partial charge in [0.2, 0.25) is 0 Å². The molecule has 1 amide bonds. The Bertz CT molecular complexity index is 418. The van der Waals surface area contributed by atoms with Gasteiger partial charge in [-0.3, -0.25) is 15.0 Å². The van der Waals surface area contributed by atoms with E-state index in [1.807, 2.05) is 39.2 Å². The molecule has 0 aromatic heterocycles. The van der Waals surface area contributed by atoms with Crippen LogP contribution in [-0.2, 0) is 9.59 Å². The SMILES string of the molecule is C=C(C)/C=C(CC)\C(C(=O)C(=O)NN)=C(/C)CC. The summed E-state index contributed by atoms with van der Waals surface area (Å²) < 4.78 is 0. The van der Waals surface area contributed by atoms with Crippen LogP contribution in [0.4, 0.5) is 0 Å². The number of allylic oxidation sites excluding steroid dienone is 4. The Labute approximate surface area is 109 Å². The highest BCUT2D eigenvalue weighted by Crippen LogP contribution is 2.22. The topological polar surface area (TPSA) is 72.2 Å². The molecule has 0 aromatic rings. The number of rotatable bonds is 6. The maximum atomic E-state index is 12.0. The Hall–Kier alpha value is -1.68. The molecule has 0 heterocycles. The van der Waals surface area contributed by atoms with Crippen LogP contribution >= 0.6 is 0 Å². The number of hydrazine groups is 1. The van der Waals surface area contributed by atoms with E-state index in [9.17, 15) is 9.59 Å². The Balaban J connectivity index is 5.73. The van der Waals surface area contributed by atoms with E-state index in [0.29, 0.717) is 18.4 Å². The maximum Gasteiger partial charge on any atom is 0.306 e. The van der Waals surface area contributed by atoms with Crippen molar-refractivity contribution in [3.8, 4) is 0 Å². The predicted molar refractivity (Wildman–Crippen MR) is 73.5 cm³/mol. The van der Waals surface area contributed by atoms with E-state index in [1.165, 1.54) is 0 Å². The third-order valence-corrected chi connectivity index (χ3v) is 2.64. The summed E-state index contributed by atoms with van der Waals surface area (Å²) in [5.74, 6) is 3.63. The number of nitrogens with two attached hydrogens (primary N) is 1. The van der Waals surface area contributed by atoms with Gasteiger partial charge >= 0.3 is 5.91 Å². The highest BCUT2D eigenvalue weighted by atomic mass is 16.2. The van der Waals surface area contributed by atoms with Crippen molar-refractivity contribution < 1.29 is 9.59 Å². The van der Waals surface area contributed by atoms with Gasteiger partial charge in [-0.1, -0.05) is 37.6 Å². The Morgan fingerprint density at radius 2 is 1.78 bits per heavy atom. The molecule has 4 nitrogen and oxygen atoms in total. The largest absolute Gasteiger partial charge is 0.306 e. The van der Waals surface area contributed by atoms with Gasteiger partial charge in [-0.15, -0.1) is 0 Å². The van der Waals surface area contributed by atoms with Crippen LogP contribution in [-0.4, -0.2) is 11.7 Å². The van der Waals surface area contributed by atoms with Crippen molar-refractivity contribution in [2.24, 2.45) is 5.84 Å². The van der Waals surface area contributed by atoms with Gasteiger partial charge < -0.3 is 0 Å². The van der Waals surface area contributed by atoms with Crippen LogP contribution in [0.15, 0.2) is 34.9 Å². The van der Waals surface area contributed by atoms with Gasteiger partial charge in [0.25, 0.3) is 5.78 Å². The third kappa shape index (κ3) is 4.30. The number of hydrogen-bond acceptors (Lipinski definition) is 3. The lowest BCUT2D eigenvalue weighted by Crippen LogP contribution is -2.37. The molecule has 0 saturated heterocycles. The van der Waals surface area contributed by atoms with Crippen molar-refractivity contribution in [1.29, 1.82) is 0 Å². The average molecular weight is 250 g/mol. The minimum absolute atomic E-state index is 0.450. The first-order valence-corrected chi connectivity index (χ1v) is 6.00. The van der Waals surface area contributed by atoms with E-state index in [0.717, 1.165) is 16.7 Å². The van der Waals surface area contributed by atoms with E-state index in [2.05, 4.69) is 6.58 Å². The van der Waals surface area contributed by atoms with E-state index >= 15 is 0 Å². The van der Waals surface area contributed by atoms with E-state index < -0.39 is 11.7 Å². The molecule has 0 aliphatic carbocycles. The first-order chi connectivity index (χ1) is 8.38. The van der Waals surface area contributed by atoms with Crippen LogP contribution in [0, 0.1) is 0 Å². The lowest BCUT2D eigenvalue weighted by molar-refractivity contribution is -0.135. The summed E-state index contributed by atoms with van der Waals surface area (Å²) >= 11 is 0. The molecule has 0 aliphatic heterocycles. The molecule has 3 N–H and O–H groups in total. The zero-order chi connectivity index (χ0) is 14.3. The Morgan fingerprint density at radius 3 is 2.11 bits per heavy atom. The molecule has 0 rings (SSSR count). The van der Waals surface area contributed by atoms with Gasteiger partial charge in [-0.25, -0.2) is 5.84 Å². The number of carbonyl (C=O) groups excluding carboxylic acids is 2. The predicted octanol–water partition coefficient (Wildman–Crippen LogP) is 2.18. The fourth-order valence-electron chi connectivity index (χ4n) is 1.62. The number of amides is 1. The van der Waals surface area contributed by atoms with Crippen LogP contribution in [0.25, 0.3) is 0 Å². The number of hydrogen-bond donors (Lipinski definition) is 2. The summed E-state index contributed by atoms with van der Waals surface area (Å²) in [5, 5.41) is 0. The lowest BCUT2D eigenvalue weighted by atomic mass is 9.92. The summed E-state index contributed by atoms with van der Waals surface area (Å²) in [6.45, 7) is 11.4. The Kier molecular flexibility index (Phi) is 6.90. The van der Waals surface area contributed by atoms with Gasteiger partial charge in [0.1, 0.15) is 0 Å². The van der Waals surface area contributed by atoms with Crippen LogP contribution in [0.5, 0.6) is 0 Å². The minimum Gasteiger partial charge on any atom is -0.287 e. The normalized spacial score (nSPS) is 12.8. The Morgan fingerprint density at radius 1 is 1.22 bits per heavy atom. The van der Waals surface area contributed by atoms with Gasteiger partial charge in [0, 0.05) is 5.57 Å². The van der Waals surface area contributed by atoms with E-state index in [4.69, 9.17) is 5.84 Å². The molecule has 0 fully saturated rings. The molecule has 0 saturated carbocycles. The fourth-order valence-corrected chi connectivity index (χ4v) is 1.62. The first-order valence-electron chi connectivity index (χ1n) is 6.00.